The van der Waals surface area contributed by atoms with E-state index in [0.29, 0.717) is 5.76 Å². The molecule has 2 nitrogen and oxygen atoms in total. The van der Waals surface area contributed by atoms with Gasteiger partial charge in [-0.25, -0.2) is 4.39 Å². The first-order chi connectivity index (χ1) is 6.79. The minimum atomic E-state index is -0.971. The summed E-state index contributed by atoms with van der Waals surface area (Å²) in [6.45, 7) is 1.81. The molecule has 1 aromatic rings. The van der Waals surface area contributed by atoms with Gasteiger partial charge in [0.15, 0.2) is 11.9 Å². The molecule has 0 radical (unpaired) electrons. The maximum Gasteiger partial charge on any atom is 0.162 e. The van der Waals surface area contributed by atoms with Crippen LogP contribution in [-0.2, 0) is 0 Å². The van der Waals surface area contributed by atoms with Crippen molar-refractivity contribution in [1.82, 2.24) is 5.32 Å². The minimum absolute atomic E-state index is 0.0960. The highest BCUT2D eigenvalue weighted by Gasteiger charge is 2.28. The summed E-state index contributed by atoms with van der Waals surface area (Å²) in [5.41, 5.74) is 0. The summed E-state index contributed by atoms with van der Waals surface area (Å²) >= 11 is 3.28. The van der Waals surface area contributed by atoms with Crippen LogP contribution >= 0.6 is 15.9 Å². The van der Waals surface area contributed by atoms with E-state index in [-0.39, 0.29) is 5.92 Å². The number of nitrogens with one attached hydrogen (secondary N) is 1. The van der Waals surface area contributed by atoms with Crippen LogP contribution in [0.25, 0.3) is 0 Å². The Kier molecular flexibility index (Phi) is 3.23. The van der Waals surface area contributed by atoms with Crippen LogP contribution in [0.3, 0.4) is 0 Å². The normalized spacial score (nSPS) is 21.0. The molecule has 0 spiro atoms. The van der Waals surface area contributed by atoms with Gasteiger partial charge in [0.25, 0.3) is 0 Å². The first-order valence-electron chi connectivity index (χ1n) is 4.86. The molecule has 0 saturated carbocycles. The third-order valence-electron chi connectivity index (χ3n) is 2.69. The van der Waals surface area contributed by atoms with Crippen molar-refractivity contribution in [2.24, 2.45) is 5.92 Å². The summed E-state index contributed by atoms with van der Waals surface area (Å²) in [6.07, 6.45) is 2.32. The van der Waals surface area contributed by atoms with Crippen LogP contribution in [-0.4, -0.2) is 13.1 Å². The monoisotopic (exact) mass is 261 g/mol. The van der Waals surface area contributed by atoms with Gasteiger partial charge >= 0.3 is 0 Å². The zero-order valence-corrected chi connectivity index (χ0v) is 9.39. The molecule has 2 rings (SSSR count). The number of alkyl halides is 1. The summed E-state index contributed by atoms with van der Waals surface area (Å²) in [5.74, 6) is 0.538. The molecular weight excluding hydrogens is 249 g/mol. The minimum Gasteiger partial charge on any atom is -0.465 e. The van der Waals surface area contributed by atoms with E-state index in [1.807, 2.05) is 0 Å². The summed E-state index contributed by atoms with van der Waals surface area (Å²) in [6, 6.07) is 1.74. The molecule has 78 valence electrons. The third kappa shape index (κ3) is 2.01. The SMILES string of the molecule is FC(c1occc1Br)C1CCNCC1. The maximum atomic E-state index is 14.0. The lowest BCUT2D eigenvalue weighted by atomic mass is 9.92. The second-order valence-electron chi connectivity index (χ2n) is 3.62. The Morgan fingerprint density at radius 1 is 1.50 bits per heavy atom. The molecule has 14 heavy (non-hydrogen) atoms. The molecule has 1 fully saturated rings. The van der Waals surface area contributed by atoms with E-state index in [9.17, 15) is 4.39 Å². The van der Waals surface area contributed by atoms with Crippen LogP contribution in [0.1, 0.15) is 24.8 Å². The first kappa shape index (κ1) is 10.2. The van der Waals surface area contributed by atoms with Gasteiger partial charge in [-0.2, -0.15) is 0 Å². The van der Waals surface area contributed by atoms with E-state index in [2.05, 4.69) is 21.2 Å². The van der Waals surface area contributed by atoms with Gasteiger partial charge in [-0.3, -0.25) is 0 Å². The number of rotatable bonds is 2. The van der Waals surface area contributed by atoms with Gasteiger partial charge in [0.2, 0.25) is 0 Å². The van der Waals surface area contributed by atoms with Crippen LogP contribution in [0.15, 0.2) is 21.2 Å². The molecule has 1 saturated heterocycles. The van der Waals surface area contributed by atoms with Crippen LogP contribution in [0, 0.1) is 5.92 Å². The van der Waals surface area contributed by atoms with Gasteiger partial charge in [0.05, 0.1) is 10.7 Å². The molecule has 1 aliphatic rings. The Morgan fingerprint density at radius 3 is 2.79 bits per heavy atom. The van der Waals surface area contributed by atoms with Crippen LogP contribution < -0.4 is 5.32 Å². The summed E-state index contributed by atoms with van der Waals surface area (Å²) in [4.78, 5) is 0. The average molecular weight is 262 g/mol. The zero-order valence-electron chi connectivity index (χ0n) is 7.80. The second kappa shape index (κ2) is 4.45. The fourth-order valence-electron chi connectivity index (χ4n) is 1.85. The molecule has 0 aliphatic carbocycles. The summed E-state index contributed by atoms with van der Waals surface area (Å²) < 4.78 is 19.8. The van der Waals surface area contributed by atoms with E-state index in [4.69, 9.17) is 4.42 Å². The highest BCUT2D eigenvalue weighted by Crippen LogP contribution is 2.36. The molecule has 1 atom stereocenters. The van der Waals surface area contributed by atoms with Crippen molar-refractivity contribution in [3.05, 3.63) is 22.6 Å². The second-order valence-corrected chi connectivity index (χ2v) is 4.48. The third-order valence-corrected chi connectivity index (χ3v) is 3.35. The van der Waals surface area contributed by atoms with Gasteiger partial charge in [-0.1, -0.05) is 0 Å². The van der Waals surface area contributed by atoms with Crippen LogP contribution in [0.2, 0.25) is 0 Å². The van der Waals surface area contributed by atoms with E-state index in [0.717, 1.165) is 30.4 Å². The highest BCUT2D eigenvalue weighted by atomic mass is 79.9. The number of hydrogen-bond donors (Lipinski definition) is 1. The van der Waals surface area contributed by atoms with Crippen LogP contribution in [0.5, 0.6) is 0 Å². The van der Waals surface area contributed by atoms with Gasteiger partial charge in [0, 0.05) is 0 Å². The average Bonchev–Trinajstić information content (AvgIpc) is 2.65. The summed E-state index contributed by atoms with van der Waals surface area (Å²) in [7, 11) is 0. The molecular formula is C10H13BrFNO. The lowest BCUT2D eigenvalue weighted by molar-refractivity contribution is 0.163. The van der Waals surface area contributed by atoms with Gasteiger partial charge < -0.3 is 9.73 Å². The van der Waals surface area contributed by atoms with E-state index >= 15 is 0 Å². The van der Waals surface area contributed by atoms with Crippen molar-refractivity contribution in [3.8, 4) is 0 Å². The van der Waals surface area contributed by atoms with Gasteiger partial charge in [-0.15, -0.1) is 0 Å². The Morgan fingerprint density at radius 2 is 2.21 bits per heavy atom. The molecule has 1 N–H and O–H groups in total. The van der Waals surface area contributed by atoms with Crippen molar-refractivity contribution in [2.45, 2.75) is 19.0 Å². The molecule has 2 heterocycles. The molecule has 0 amide bonds. The number of halogens is 2. The number of furan rings is 1. The Balaban J connectivity index is 2.07. The molecule has 1 aliphatic heterocycles. The van der Waals surface area contributed by atoms with Crippen molar-refractivity contribution < 1.29 is 8.81 Å². The molecule has 1 unspecified atom stereocenters. The van der Waals surface area contributed by atoms with Crippen molar-refractivity contribution in [3.63, 3.8) is 0 Å². The largest absolute Gasteiger partial charge is 0.465 e. The smallest absolute Gasteiger partial charge is 0.162 e. The fourth-order valence-corrected chi connectivity index (χ4v) is 2.27. The molecule has 0 aromatic carbocycles. The highest BCUT2D eigenvalue weighted by molar-refractivity contribution is 9.10. The molecule has 1 aromatic heterocycles. The van der Waals surface area contributed by atoms with Gasteiger partial charge in [-0.05, 0) is 53.8 Å². The van der Waals surface area contributed by atoms with E-state index in [1.165, 1.54) is 6.26 Å². The van der Waals surface area contributed by atoms with E-state index in [1.54, 1.807) is 6.07 Å². The lowest BCUT2D eigenvalue weighted by Crippen LogP contribution is -2.29. The number of piperidine rings is 1. The predicted octanol–water partition coefficient (Wildman–Crippen LogP) is 3.05. The standard InChI is InChI=1S/C10H13BrFNO/c11-8-3-6-14-10(8)9(12)7-1-4-13-5-2-7/h3,6-7,9,13H,1-2,4-5H2. The quantitative estimate of drug-likeness (QED) is 0.886. The Hall–Kier alpha value is -0.350. The fraction of sp³-hybridized carbons (Fsp3) is 0.600. The predicted molar refractivity (Wildman–Crippen MR) is 55.9 cm³/mol. The topological polar surface area (TPSA) is 25.2 Å². The van der Waals surface area contributed by atoms with Gasteiger partial charge in [0.1, 0.15) is 0 Å². The maximum absolute atomic E-state index is 14.0. The van der Waals surface area contributed by atoms with Crippen molar-refractivity contribution >= 4 is 15.9 Å². The molecule has 4 heteroatoms. The van der Waals surface area contributed by atoms with Crippen LogP contribution in [0.4, 0.5) is 4.39 Å². The summed E-state index contributed by atoms with van der Waals surface area (Å²) in [5, 5.41) is 3.22. The van der Waals surface area contributed by atoms with Crippen molar-refractivity contribution in [1.29, 1.82) is 0 Å². The zero-order chi connectivity index (χ0) is 9.97. The first-order valence-corrected chi connectivity index (χ1v) is 5.66. The van der Waals surface area contributed by atoms with Crippen molar-refractivity contribution in [2.75, 3.05) is 13.1 Å². The van der Waals surface area contributed by atoms with E-state index < -0.39 is 6.17 Å². The Bertz CT molecular complexity index is 296. The Labute approximate surface area is 91.0 Å². The lowest BCUT2D eigenvalue weighted by Gasteiger charge is -2.24. The molecule has 0 bridgehead atoms. The number of hydrogen-bond acceptors (Lipinski definition) is 2.